The molecule has 0 aliphatic rings. The van der Waals surface area contributed by atoms with Gasteiger partial charge >= 0.3 is 0 Å². The molecule has 0 unspecified atom stereocenters. The molecule has 2 heterocycles. The number of hydrogen-bond acceptors (Lipinski definition) is 4. The molecule has 6 nitrogen and oxygen atoms in total. The fourth-order valence-corrected chi connectivity index (χ4v) is 2.76. The van der Waals surface area contributed by atoms with Crippen molar-refractivity contribution >= 4 is 5.91 Å². The van der Waals surface area contributed by atoms with Gasteiger partial charge in [0.2, 0.25) is 5.76 Å². The van der Waals surface area contributed by atoms with Gasteiger partial charge in [0.05, 0.1) is 5.69 Å². The van der Waals surface area contributed by atoms with Gasteiger partial charge in [0, 0.05) is 30.9 Å². The predicted molar refractivity (Wildman–Crippen MR) is 95.1 cm³/mol. The summed E-state index contributed by atoms with van der Waals surface area (Å²) in [6.45, 7) is 3.80. The van der Waals surface area contributed by atoms with Gasteiger partial charge < -0.3 is 9.84 Å². The summed E-state index contributed by atoms with van der Waals surface area (Å²) < 4.78 is 19.8. The Morgan fingerprint density at radius 3 is 2.73 bits per heavy atom. The average Bonchev–Trinajstić information content (AvgIpc) is 3.20. The fourth-order valence-electron chi connectivity index (χ4n) is 2.76. The Balaban J connectivity index is 1.57. The first-order valence-electron chi connectivity index (χ1n) is 8.45. The van der Waals surface area contributed by atoms with Gasteiger partial charge in [-0.3, -0.25) is 9.48 Å². The number of halogens is 1. The highest BCUT2D eigenvalue weighted by Crippen LogP contribution is 2.22. The molecule has 1 amide bonds. The van der Waals surface area contributed by atoms with E-state index in [4.69, 9.17) is 4.52 Å². The molecule has 26 heavy (non-hydrogen) atoms. The number of nitrogens with one attached hydrogen (secondary N) is 1. The summed E-state index contributed by atoms with van der Waals surface area (Å²) in [4.78, 5) is 12.3. The molecule has 3 rings (SSSR count). The van der Waals surface area contributed by atoms with Crippen molar-refractivity contribution in [3.05, 3.63) is 59.4 Å². The topological polar surface area (TPSA) is 73.0 Å². The molecule has 1 N–H and O–H groups in total. The largest absolute Gasteiger partial charge is 0.350 e. The van der Waals surface area contributed by atoms with Crippen LogP contribution in [-0.2, 0) is 13.5 Å². The second-order valence-corrected chi connectivity index (χ2v) is 6.42. The van der Waals surface area contributed by atoms with E-state index in [-0.39, 0.29) is 23.5 Å². The Morgan fingerprint density at radius 1 is 1.35 bits per heavy atom. The van der Waals surface area contributed by atoms with Crippen molar-refractivity contribution in [2.45, 2.75) is 32.7 Å². The van der Waals surface area contributed by atoms with E-state index in [1.807, 2.05) is 27.1 Å². The molecular formula is C19H21FN4O2. The van der Waals surface area contributed by atoms with E-state index in [0.717, 1.165) is 29.7 Å². The zero-order valence-electron chi connectivity index (χ0n) is 15.0. The molecule has 1 aromatic carbocycles. The van der Waals surface area contributed by atoms with Gasteiger partial charge in [0.15, 0.2) is 0 Å². The lowest BCUT2D eigenvalue weighted by molar-refractivity contribution is 0.0901. The van der Waals surface area contributed by atoms with Crippen molar-refractivity contribution < 1.29 is 13.7 Å². The van der Waals surface area contributed by atoms with Crippen LogP contribution in [0.15, 0.2) is 41.1 Å². The molecule has 1 atom stereocenters. The van der Waals surface area contributed by atoms with Crippen LogP contribution in [0.2, 0.25) is 0 Å². The van der Waals surface area contributed by atoms with Crippen molar-refractivity contribution in [1.82, 2.24) is 20.3 Å². The molecule has 0 aliphatic carbocycles. The molecule has 0 radical (unpaired) electrons. The second kappa shape index (κ2) is 7.51. The van der Waals surface area contributed by atoms with Crippen LogP contribution in [0.1, 0.15) is 35.2 Å². The molecular weight excluding hydrogens is 335 g/mol. The van der Waals surface area contributed by atoms with Crippen LogP contribution >= 0.6 is 0 Å². The first-order chi connectivity index (χ1) is 12.4. The maximum atomic E-state index is 12.9. The maximum absolute atomic E-state index is 12.9. The number of amides is 1. The van der Waals surface area contributed by atoms with Crippen molar-refractivity contribution in [2.75, 3.05) is 0 Å². The van der Waals surface area contributed by atoms with Crippen molar-refractivity contribution in [3.63, 3.8) is 0 Å². The minimum atomic E-state index is -0.308. The van der Waals surface area contributed by atoms with Gasteiger partial charge in [-0.05, 0) is 44.4 Å². The molecule has 0 saturated heterocycles. The number of carbonyl (C=O) groups is 1. The zero-order chi connectivity index (χ0) is 18.7. The number of carbonyl (C=O) groups excluding carboxylic acids is 1. The standard InChI is InChI=1S/C19H21FN4O2/c1-12(4-5-14-6-8-15(20)9-7-14)21-19(25)18-10-17(23-26-18)16-11-24(3)22-13(16)2/h6-12H,4-5H2,1-3H3,(H,21,25)/t12-/m1/s1. The Labute approximate surface area is 151 Å². The van der Waals surface area contributed by atoms with Crippen molar-refractivity contribution in [1.29, 1.82) is 0 Å². The summed E-state index contributed by atoms with van der Waals surface area (Å²) in [5.41, 5.74) is 3.27. The molecule has 0 saturated carbocycles. The fraction of sp³-hybridized carbons (Fsp3) is 0.316. The highest BCUT2D eigenvalue weighted by Gasteiger charge is 2.18. The van der Waals surface area contributed by atoms with Crippen LogP contribution in [0.5, 0.6) is 0 Å². The number of nitrogens with zero attached hydrogens (tertiary/aromatic N) is 3. The van der Waals surface area contributed by atoms with E-state index < -0.39 is 0 Å². The number of hydrogen-bond donors (Lipinski definition) is 1. The summed E-state index contributed by atoms with van der Waals surface area (Å²) in [6.07, 6.45) is 3.32. The number of rotatable bonds is 6. The first-order valence-corrected chi connectivity index (χ1v) is 8.45. The Kier molecular flexibility index (Phi) is 5.16. The van der Waals surface area contributed by atoms with Gasteiger partial charge in [-0.15, -0.1) is 0 Å². The first kappa shape index (κ1) is 17.8. The smallest absolute Gasteiger partial charge is 0.290 e. The summed E-state index contributed by atoms with van der Waals surface area (Å²) >= 11 is 0. The quantitative estimate of drug-likeness (QED) is 0.736. The molecule has 0 aliphatic heterocycles. The van der Waals surface area contributed by atoms with Crippen LogP contribution in [0, 0.1) is 12.7 Å². The van der Waals surface area contributed by atoms with Crippen LogP contribution in [-0.4, -0.2) is 26.9 Å². The average molecular weight is 356 g/mol. The SMILES string of the molecule is Cc1nn(C)cc1-c1cc(C(=O)N[C@H](C)CCc2ccc(F)cc2)on1. The Morgan fingerprint density at radius 2 is 2.08 bits per heavy atom. The second-order valence-electron chi connectivity index (χ2n) is 6.42. The van der Waals surface area contributed by atoms with Crippen molar-refractivity contribution in [2.24, 2.45) is 7.05 Å². The molecule has 136 valence electrons. The summed E-state index contributed by atoms with van der Waals surface area (Å²) in [5.74, 6) is -0.395. The van der Waals surface area contributed by atoms with E-state index in [0.29, 0.717) is 5.69 Å². The van der Waals surface area contributed by atoms with E-state index in [9.17, 15) is 9.18 Å². The molecule has 0 bridgehead atoms. The predicted octanol–water partition coefficient (Wildman–Crippen LogP) is 3.27. The lowest BCUT2D eigenvalue weighted by Gasteiger charge is -2.12. The van der Waals surface area contributed by atoms with Gasteiger partial charge in [-0.2, -0.15) is 5.10 Å². The van der Waals surface area contributed by atoms with E-state index in [1.54, 1.807) is 22.9 Å². The molecule has 7 heteroatoms. The molecule has 2 aromatic heterocycles. The van der Waals surface area contributed by atoms with E-state index >= 15 is 0 Å². The van der Waals surface area contributed by atoms with Crippen molar-refractivity contribution in [3.8, 4) is 11.3 Å². The van der Waals surface area contributed by atoms with Gasteiger partial charge in [0.25, 0.3) is 5.91 Å². The van der Waals surface area contributed by atoms with E-state index in [2.05, 4.69) is 15.6 Å². The molecule has 3 aromatic rings. The van der Waals surface area contributed by atoms with Gasteiger partial charge in [0.1, 0.15) is 11.5 Å². The monoisotopic (exact) mass is 356 g/mol. The normalized spacial score (nSPS) is 12.2. The number of aryl methyl sites for hydroxylation is 3. The zero-order valence-corrected chi connectivity index (χ0v) is 15.0. The van der Waals surface area contributed by atoms with Gasteiger partial charge in [-0.25, -0.2) is 4.39 Å². The number of aromatic nitrogens is 3. The molecule has 0 fully saturated rings. The third kappa shape index (κ3) is 4.17. The minimum Gasteiger partial charge on any atom is -0.350 e. The van der Waals surface area contributed by atoms with Crippen LogP contribution < -0.4 is 5.32 Å². The van der Waals surface area contributed by atoms with Gasteiger partial charge in [-0.1, -0.05) is 17.3 Å². The van der Waals surface area contributed by atoms with Crippen LogP contribution in [0.25, 0.3) is 11.3 Å². The third-order valence-electron chi connectivity index (χ3n) is 4.18. The summed E-state index contributed by atoms with van der Waals surface area (Å²) in [7, 11) is 1.83. The summed E-state index contributed by atoms with van der Waals surface area (Å²) in [6, 6.07) is 7.95. The third-order valence-corrected chi connectivity index (χ3v) is 4.18. The highest BCUT2D eigenvalue weighted by molar-refractivity contribution is 5.92. The minimum absolute atomic E-state index is 0.0544. The lowest BCUT2D eigenvalue weighted by Crippen LogP contribution is -2.32. The highest BCUT2D eigenvalue weighted by atomic mass is 19.1. The lowest BCUT2D eigenvalue weighted by atomic mass is 10.1. The van der Waals surface area contributed by atoms with Crippen LogP contribution in [0.4, 0.5) is 4.39 Å². The maximum Gasteiger partial charge on any atom is 0.290 e. The molecule has 0 spiro atoms. The Bertz CT molecular complexity index is 899. The van der Waals surface area contributed by atoms with E-state index in [1.165, 1.54) is 12.1 Å². The Hall–Kier alpha value is -2.96. The van der Waals surface area contributed by atoms with Crippen LogP contribution in [0.3, 0.4) is 0 Å². The number of benzene rings is 1. The summed E-state index contributed by atoms with van der Waals surface area (Å²) in [5, 5.41) is 11.1.